The number of aromatic nitrogens is 2. The van der Waals surface area contributed by atoms with Gasteiger partial charge in [-0.2, -0.15) is 0 Å². The third-order valence-corrected chi connectivity index (χ3v) is 6.22. The maximum absolute atomic E-state index is 12.6. The minimum absolute atomic E-state index is 0.101. The van der Waals surface area contributed by atoms with Crippen molar-refractivity contribution < 1.29 is 19.1 Å². The van der Waals surface area contributed by atoms with E-state index in [2.05, 4.69) is 25.6 Å². The van der Waals surface area contributed by atoms with E-state index in [-0.39, 0.29) is 24.0 Å². The van der Waals surface area contributed by atoms with Crippen molar-refractivity contribution >= 4 is 51.7 Å². The summed E-state index contributed by atoms with van der Waals surface area (Å²) in [4.78, 5) is 37.7. The lowest BCUT2D eigenvalue weighted by molar-refractivity contribution is -0.149. The number of methoxy groups -OCH3 is 1. The van der Waals surface area contributed by atoms with Gasteiger partial charge in [-0.15, -0.1) is 10.2 Å². The Labute approximate surface area is 176 Å². The fraction of sp³-hybridized carbons (Fsp3) is 0.389. The first-order valence-corrected chi connectivity index (χ1v) is 10.7. The largest absolute Gasteiger partial charge is 0.469 e. The van der Waals surface area contributed by atoms with Gasteiger partial charge >= 0.3 is 5.97 Å². The predicted molar refractivity (Wildman–Crippen MR) is 110 cm³/mol. The maximum Gasteiger partial charge on any atom is 0.308 e. The lowest BCUT2D eigenvalue weighted by Crippen LogP contribution is -2.58. The average Bonchev–Trinajstić information content (AvgIpc) is 3.16. The van der Waals surface area contributed by atoms with E-state index in [1.165, 1.54) is 40.7 Å². The van der Waals surface area contributed by atoms with Gasteiger partial charge in [0.15, 0.2) is 4.34 Å². The molecule has 1 aliphatic heterocycles. The van der Waals surface area contributed by atoms with Gasteiger partial charge in [-0.05, 0) is 19.1 Å². The number of carbonyl (C=O) groups is 3. The molecule has 2 heterocycles. The number of piperazine rings is 1. The lowest BCUT2D eigenvalue weighted by atomic mass is 10.1. The van der Waals surface area contributed by atoms with Crippen molar-refractivity contribution in [1.82, 2.24) is 20.4 Å². The Morgan fingerprint density at radius 3 is 2.83 bits per heavy atom. The number of hydrogen-bond acceptors (Lipinski definition) is 9. The summed E-state index contributed by atoms with van der Waals surface area (Å²) in [6, 6.07) is 7.05. The van der Waals surface area contributed by atoms with Crippen LogP contribution in [0.1, 0.15) is 12.0 Å². The second-order valence-corrected chi connectivity index (χ2v) is 8.53. The van der Waals surface area contributed by atoms with E-state index in [1.807, 2.05) is 31.2 Å². The van der Waals surface area contributed by atoms with Gasteiger partial charge in [0.1, 0.15) is 6.04 Å². The molecule has 2 N–H and O–H groups in total. The molecule has 1 aliphatic rings. The van der Waals surface area contributed by atoms with E-state index >= 15 is 0 Å². The van der Waals surface area contributed by atoms with Crippen molar-refractivity contribution in [3.05, 3.63) is 29.8 Å². The predicted octanol–water partition coefficient (Wildman–Crippen LogP) is 1.57. The van der Waals surface area contributed by atoms with Gasteiger partial charge in [-0.25, -0.2) is 0 Å². The molecule has 9 nitrogen and oxygen atoms in total. The summed E-state index contributed by atoms with van der Waals surface area (Å²) in [6.07, 6.45) is -0.165. The number of benzene rings is 1. The van der Waals surface area contributed by atoms with Gasteiger partial charge in [-0.1, -0.05) is 40.8 Å². The zero-order chi connectivity index (χ0) is 20.8. The Kier molecular flexibility index (Phi) is 7.04. The van der Waals surface area contributed by atoms with Crippen molar-refractivity contribution in [3.63, 3.8) is 0 Å². The topological polar surface area (TPSA) is 114 Å². The minimum atomic E-state index is -0.850. The highest BCUT2D eigenvalue weighted by Crippen LogP contribution is 2.28. The highest BCUT2D eigenvalue weighted by Gasteiger charge is 2.34. The third-order valence-electron chi connectivity index (χ3n) is 4.27. The first kappa shape index (κ1) is 21.1. The van der Waals surface area contributed by atoms with E-state index in [0.717, 1.165) is 5.69 Å². The van der Waals surface area contributed by atoms with Crippen LogP contribution in [0.4, 0.5) is 10.8 Å². The molecule has 2 amide bonds. The van der Waals surface area contributed by atoms with Crippen LogP contribution < -0.4 is 10.6 Å². The molecule has 1 aromatic carbocycles. The van der Waals surface area contributed by atoms with Crippen LogP contribution in [-0.2, 0) is 19.1 Å². The molecular weight excluding hydrogens is 414 g/mol. The monoisotopic (exact) mass is 435 g/mol. The summed E-state index contributed by atoms with van der Waals surface area (Å²) in [5, 5.41) is 14.7. The molecule has 1 atom stereocenters. The summed E-state index contributed by atoms with van der Waals surface area (Å²) in [5.41, 5.74) is 2.07. The van der Waals surface area contributed by atoms with Crippen LogP contribution in [0, 0.1) is 6.92 Å². The number of anilines is 2. The lowest BCUT2D eigenvalue weighted by Gasteiger charge is -2.34. The number of esters is 1. The molecule has 1 saturated heterocycles. The van der Waals surface area contributed by atoms with Crippen LogP contribution in [0.15, 0.2) is 28.6 Å². The third kappa shape index (κ3) is 5.67. The summed E-state index contributed by atoms with van der Waals surface area (Å²) in [7, 11) is 1.25. The Balaban J connectivity index is 1.56. The smallest absolute Gasteiger partial charge is 0.308 e. The van der Waals surface area contributed by atoms with Gasteiger partial charge in [0, 0.05) is 18.8 Å². The molecule has 1 fully saturated rings. The minimum Gasteiger partial charge on any atom is -0.469 e. The first-order valence-electron chi connectivity index (χ1n) is 8.90. The maximum atomic E-state index is 12.6. The van der Waals surface area contributed by atoms with Crippen LogP contribution >= 0.6 is 23.1 Å². The molecule has 154 valence electrons. The molecular formula is C18H21N5O4S2. The molecule has 0 spiro atoms. The summed E-state index contributed by atoms with van der Waals surface area (Å²) < 4.78 is 5.27. The fourth-order valence-electron chi connectivity index (χ4n) is 2.74. The SMILES string of the molecule is COC(=O)C[C@H]1C(=O)NCCN1C(=O)CSc1nnc(Nc2ccc(C)cc2)s1. The number of aryl methyl sites for hydroxylation is 1. The number of rotatable bonds is 7. The zero-order valence-corrected chi connectivity index (χ0v) is 17.6. The van der Waals surface area contributed by atoms with Crippen LogP contribution in [0.2, 0.25) is 0 Å². The van der Waals surface area contributed by atoms with Crippen molar-refractivity contribution in [2.75, 3.05) is 31.3 Å². The van der Waals surface area contributed by atoms with Gasteiger partial charge in [0.25, 0.3) is 0 Å². The Morgan fingerprint density at radius 2 is 2.10 bits per heavy atom. The number of nitrogens with one attached hydrogen (secondary N) is 2. The van der Waals surface area contributed by atoms with E-state index in [4.69, 9.17) is 0 Å². The number of ether oxygens (including phenoxy) is 1. The Bertz CT molecular complexity index is 887. The van der Waals surface area contributed by atoms with Crippen molar-refractivity contribution in [1.29, 1.82) is 0 Å². The summed E-state index contributed by atoms with van der Waals surface area (Å²) in [5.74, 6) is -1.01. The number of hydrogen-bond donors (Lipinski definition) is 2. The molecule has 1 aromatic heterocycles. The van der Waals surface area contributed by atoms with E-state index in [1.54, 1.807) is 0 Å². The van der Waals surface area contributed by atoms with E-state index < -0.39 is 12.0 Å². The molecule has 11 heteroatoms. The standard InChI is InChI=1S/C18H21N5O4S2/c1-11-3-5-12(6-4-11)20-17-21-22-18(29-17)28-10-14(24)23-8-7-19-16(26)13(23)9-15(25)27-2/h3-6,13H,7-10H2,1-2H3,(H,19,26)(H,20,21)/t13-/m0/s1. The summed E-state index contributed by atoms with van der Waals surface area (Å²) >= 11 is 2.59. The highest BCUT2D eigenvalue weighted by atomic mass is 32.2. The highest BCUT2D eigenvalue weighted by molar-refractivity contribution is 8.01. The Hall–Kier alpha value is -2.66. The van der Waals surface area contributed by atoms with Gasteiger partial charge in [0.2, 0.25) is 16.9 Å². The molecule has 0 radical (unpaired) electrons. The second kappa shape index (κ2) is 9.70. The molecule has 2 aromatic rings. The molecule has 0 aliphatic carbocycles. The second-order valence-electron chi connectivity index (χ2n) is 6.33. The zero-order valence-electron chi connectivity index (χ0n) is 16.0. The fourth-order valence-corrected chi connectivity index (χ4v) is 4.40. The Morgan fingerprint density at radius 1 is 1.34 bits per heavy atom. The van der Waals surface area contributed by atoms with Gasteiger partial charge in [-0.3, -0.25) is 14.4 Å². The van der Waals surface area contributed by atoms with E-state index in [0.29, 0.717) is 22.6 Å². The van der Waals surface area contributed by atoms with Crippen LogP contribution in [-0.4, -0.2) is 64.9 Å². The number of nitrogens with zero attached hydrogens (tertiary/aromatic N) is 3. The van der Waals surface area contributed by atoms with Crippen LogP contribution in [0.3, 0.4) is 0 Å². The van der Waals surface area contributed by atoms with Crippen molar-refractivity contribution in [2.45, 2.75) is 23.7 Å². The summed E-state index contributed by atoms with van der Waals surface area (Å²) in [6.45, 7) is 2.72. The molecule has 0 unspecified atom stereocenters. The normalized spacial score (nSPS) is 16.3. The van der Waals surface area contributed by atoms with Crippen molar-refractivity contribution in [3.8, 4) is 0 Å². The van der Waals surface area contributed by atoms with Crippen molar-refractivity contribution in [2.24, 2.45) is 0 Å². The average molecular weight is 436 g/mol. The molecule has 29 heavy (non-hydrogen) atoms. The number of thioether (sulfide) groups is 1. The first-order chi connectivity index (χ1) is 14.0. The molecule has 3 rings (SSSR count). The van der Waals surface area contributed by atoms with Gasteiger partial charge < -0.3 is 20.3 Å². The number of amides is 2. The van der Waals surface area contributed by atoms with Crippen LogP contribution in [0.25, 0.3) is 0 Å². The number of carbonyl (C=O) groups excluding carboxylic acids is 3. The quantitative estimate of drug-likeness (QED) is 0.498. The molecule has 0 bridgehead atoms. The van der Waals surface area contributed by atoms with Gasteiger partial charge in [0.05, 0.1) is 19.3 Å². The molecule has 0 saturated carbocycles. The van der Waals surface area contributed by atoms with E-state index in [9.17, 15) is 14.4 Å². The van der Waals surface area contributed by atoms with Crippen LogP contribution in [0.5, 0.6) is 0 Å².